The molecule has 15 nitrogen and oxygen atoms in total. The maximum atomic E-state index is 13.3. The quantitative estimate of drug-likeness (QED) is 0.130. The molecule has 1 aromatic carbocycles. The van der Waals surface area contributed by atoms with Crippen LogP contribution in [0.2, 0.25) is 0 Å². The van der Waals surface area contributed by atoms with Gasteiger partial charge in [0.1, 0.15) is 24.3 Å². The van der Waals surface area contributed by atoms with E-state index in [4.69, 9.17) is 19.9 Å². The average Bonchev–Trinajstić information content (AvgIpc) is 2.95. The Hall–Kier alpha value is -4.11. The third-order valence-electron chi connectivity index (χ3n) is 6.23. The van der Waals surface area contributed by atoms with Gasteiger partial charge in [-0.1, -0.05) is 26.0 Å². The minimum atomic E-state index is -0.992. The summed E-state index contributed by atoms with van der Waals surface area (Å²) in [6, 6.07) is 4.06. The molecule has 15 heteroatoms. The largest absolute Gasteiger partial charge is 0.445 e. The number of amides is 6. The van der Waals surface area contributed by atoms with Gasteiger partial charge in [-0.15, -0.1) is 0 Å². The number of nitrogens with one attached hydrogen (secondary N) is 5. The summed E-state index contributed by atoms with van der Waals surface area (Å²) < 4.78 is 15.6. The summed E-state index contributed by atoms with van der Waals surface area (Å²) in [5, 5.41) is 13.7. The molecule has 6 amide bonds. The SMILES string of the molecule is COCCNCCN(C)C(=O)OCc1ccc(NC(=O)[C@H](CCCNC(N)=O)NC(=O)[C@@H](NC(=O)OC(C)(C)C)C(C)C)cc1. The van der Waals surface area contributed by atoms with Crippen molar-refractivity contribution in [3.8, 4) is 0 Å². The van der Waals surface area contributed by atoms with Crippen LogP contribution in [0.1, 0.15) is 53.0 Å². The lowest BCUT2D eigenvalue weighted by atomic mass is 10.0. The van der Waals surface area contributed by atoms with Gasteiger partial charge in [0.25, 0.3) is 0 Å². The van der Waals surface area contributed by atoms with Gasteiger partial charge < -0.3 is 51.4 Å². The van der Waals surface area contributed by atoms with E-state index in [1.54, 1.807) is 73.0 Å². The number of rotatable bonds is 18. The highest BCUT2D eigenvalue weighted by Gasteiger charge is 2.30. The van der Waals surface area contributed by atoms with E-state index in [1.807, 2.05) is 0 Å². The Morgan fingerprint density at radius 2 is 1.62 bits per heavy atom. The van der Waals surface area contributed by atoms with Crippen LogP contribution in [0.25, 0.3) is 0 Å². The molecule has 0 fully saturated rings. The van der Waals surface area contributed by atoms with Gasteiger partial charge in [0.2, 0.25) is 11.8 Å². The van der Waals surface area contributed by atoms with Crippen molar-refractivity contribution >= 4 is 35.7 Å². The van der Waals surface area contributed by atoms with E-state index in [2.05, 4.69) is 26.6 Å². The summed E-state index contributed by atoms with van der Waals surface area (Å²) >= 11 is 0. The molecular weight excluding hydrogens is 586 g/mol. The van der Waals surface area contributed by atoms with Gasteiger partial charge >= 0.3 is 18.2 Å². The van der Waals surface area contributed by atoms with E-state index in [0.717, 1.165) is 0 Å². The molecule has 0 spiro atoms. The van der Waals surface area contributed by atoms with Crippen molar-refractivity contribution in [1.82, 2.24) is 26.2 Å². The summed E-state index contributed by atoms with van der Waals surface area (Å²) in [6.07, 6.45) is -0.699. The molecule has 0 saturated heterocycles. The zero-order chi connectivity index (χ0) is 34.0. The number of ether oxygens (including phenoxy) is 3. The first-order chi connectivity index (χ1) is 21.1. The number of alkyl carbamates (subject to hydrolysis) is 1. The van der Waals surface area contributed by atoms with Crippen molar-refractivity contribution < 1.29 is 38.2 Å². The lowest BCUT2D eigenvalue weighted by Gasteiger charge is -2.27. The normalized spacial score (nSPS) is 12.4. The van der Waals surface area contributed by atoms with E-state index >= 15 is 0 Å². The van der Waals surface area contributed by atoms with Crippen LogP contribution >= 0.6 is 0 Å². The van der Waals surface area contributed by atoms with Crippen LogP contribution in [0.15, 0.2) is 24.3 Å². The summed E-state index contributed by atoms with van der Waals surface area (Å²) in [4.78, 5) is 63.6. The van der Waals surface area contributed by atoms with E-state index in [0.29, 0.717) is 43.9 Å². The van der Waals surface area contributed by atoms with Crippen LogP contribution in [-0.2, 0) is 30.4 Å². The van der Waals surface area contributed by atoms with Crippen LogP contribution in [-0.4, -0.2) is 99.6 Å². The number of primary amides is 1. The fraction of sp³-hybridized carbons (Fsp3) is 0.633. The van der Waals surface area contributed by atoms with Crippen LogP contribution in [0.4, 0.5) is 20.1 Å². The number of hydrogen-bond acceptors (Lipinski definition) is 9. The van der Waals surface area contributed by atoms with Crippen LogP contribution in [0.5, 0.6) is 0 Å². The van der Waals surface area contributed by atoms with Crippen molar-refractivity contribution in [2.75, 3.05) is 52.3 Å². The monoisotopic (exact) mass is 637 g/mol. The van der Waals surface area contributed by atoms with E-state index in [9.17, 15) is 24.0 Å². The summed E-state index contributed by atoms with van der Waals surface area (Å²) in [6.45, 7) is 11.2. The first kappa shape index (κ1) is 38.9. The molecule has 2 atom stereocenters. The molecule has 1 aromatic rings. The highest BCUT2D eigenvalue weighted by Crippen LogP contribution is 2.14. The van der Waals surface area contributed by atoms with E-state index in [1.165, 1.54) is 4.90 Å². The fourth-order valence-corrected chi connectivity index (χ4v) is 3.82. The zero-order valence-corrected chi connectivity index (χ0v) is 27.5. The molecule has 0 bridgehead atoms. The van der Waals surface area contributed by atoms with Crippen molar-refractivity contribution in [3.63, 3.8) is 0 Å². The Morgan fingerprint density at radius 1 is 0.956 bits per heavy atom. The number of hydrogen-bond donors (Lipinski definition) is 6. The third kappa shape index (κ3) is 17.1. The zero-order valence-electron chi connectivity index (χ0n) is 27.5. The predicted octanol–water partition coefficient (Wildman–Crippen LogP) is 1.91. The molecule has 0 aliphatic rings. The highest BCUT2D eigenvalue weighted by atomic mass is 16.6. The Balaban J connectivity index is 2.82. The average molecular weight is 638 g/mol. The molecule has 0 saturated carbocycles. The number of methoxy groups -OCH3 is 1. The van der Waals surface area contributed by atoms with E-state index in [-0.39, 0.29) is 25.5 Å². The molecule has 0 aromatic heterocycles. The Kier molecular flexibility index (Phi) is 17.3. The second-order valence-electron chi connectivity index (χ2n) is 11.8. The summed E-state index contributed by atoms with van der Waals surface area (Å²) in [5.41, 5.74) is 5.54. The van der Waals surface area contributed by atoms with Gasteiger partial charge in [-0.2, -0.15) is 0 Å². The fourth-order valence-electron chi connectivity index (χ4n) is 3.82. The van der Waals surface area contributed by atoms with Crippen molar-refractivity contribution in [1.29, 1.82) is 0 Å². The molecule has 0 heterocycles. The topological polar surface area (TPSA) is 202 Å². The molecular formula is C30H51N7O8. The highest BCUT2D eigenvalue weighted by molar-refractivity contribution is 5.98. The standard InChI is InChI=1S/C30H51N7O8/c1-20(2)24(36-28(41)45-30(3,4)5)26(39)35-23(9-8-14-33-27(31)40)25(38)34-22-12-10-21(11-13-22)19-44-29(42)37(6)17-15-32-16-18-43-7/h10-13,20,23-24,32H,8-9,14-19H2,1-7H3,(H,34,38)(H,35,39)(H,36,41)(H3,31,33,40)/t23-,24-/m0/s1. The second kappa shape index (κ2) is 20.0. The van der Waals surface area contributed by atoms with Crippen LogP contribution in [0, 0.1) is 5.92 Å². The number of nitrogens with zero attached hydrogens (tertiary/aromatic N) is 1. The predicted molar refractivity (Wildman–Crippen MR) is 169 cm³/mol. The van der Waals surface area contributed by atoms with Crippen LogP contribution < -0.4 is 32.3 Å². The molecule has 0 unspecified atom stereocenters. The summed E-state index contributed by atoms with van der Waals surface area (Å²) in [7, 11) is 3.27. The Labute approximate surface area is 265 Å². The minimum absolute atomic E-state index is 0.0429. The number of nitrogens with two attached hydrogens (primary N) is 1. The number of carbonyl (C=O) groups excluding carboxylic acids is 5. The minimum Gasteiger partial charge on any atom is -0.445 e. The molecule has 0 aliphatic heterocycles. The lowest BCUT2D eigenvalue weighted by molar-refractivity contribution is -0.128. The van der Waals surface area contributed by atoms with Gasteiger partial charge in [-0.25, -0.2) is 14.4 Å². The van der Waals surface area contributed by atoms with E-state index < -0.39 is 47.7 Å². The smallest absolute Gasteiger partial charge is 0.409 e. The number of benzene rings is 1. The number of carbonyl (C=O) groups is 5. The maximum Gasteiger partial charge on any atom is 0.409 e. The van der Waals surface area contributed by atoms with Crippen molar-refractivity contribution in [2.24, 2.45) is 11.7 Å². The number of anilines is 1. The van der Waals surface area contributed by atoms with Crippen molar-refractivity contribution in [3.05, 3.63) is 29.8 Å². The molecule has 1 rings (SSSR count). The first-order valence-electron chi connectivity index (χ1n) is 14.9. The number of likely N-dealkylation sites (N-methyl/N-ethyl adjacent to an activating group) is 1. The van der Waals surface area contributed by atoms with Crippen molar-refractivity contribution in [2.45, 2.75) is 71.8 Å². The van der Waals surface area contributed by atoms with Crippen LogP contribution in [0.3, 0.4) is 0 Å². The lowest BCUT2D eigenvalue weighted by Crippen LogP contribution is -2.55. The van der Waals surface area contributed by atoms with Gasteiger partial charge in [0.15, 0.2) is 0 Å². The first-order valence-corrected chi connectivity index (χ1v) is 14.9. The molecule has 45 heavy (non-hydrogen) atoms. The molecule has 7 N–H and O–H groups in total. The van der Waals surface area contributed by atoms with Gasteiger partial charge in [-0.3, -0.25) is 9.59 Å². The second-order valence-corrected chi connectivity index (χ2v) is 11.8. The van der Waals surface area contributed by atoms with Gasteiger partial charge in [0, 0.05) is 46.0 Å². The third-order valence-corrected chi connectivity index (χ3v) is 6.23. The summed E-state index contributed by atoms with van der Waals surface area (Å²) in [5.74, 6) is -1.37. The molecule has 0 radical (unpaired) electrons. The van der Waals surface area contributed by atoms with Gasteiger partial charge in [0.05, 0.1) is 6.61 Å². The van der Waals surface area contributed by atoms with Gasteiger partial charge in [-0.05, 0) is 57.2 Å². The Morgan fingerprint density at radius 3 is 2.20 bits per heavy atom. The molecule has 0 aliphatic carbocycles. The Bertz CT molecular complexity index is 1090. The molecule has 254 valence electrons. The number of urea groups is 1. The maximum absolute atomic E-state index is 13.3.